The number of carbonyl (C=O) groups is 1. The number of thioether (sulfide) groups is 1. The van der Waals surface area contributed by atoms with Crippen LogP contribution in [0.15, 0.2) is 24.3 Å². The first-order chi connectivity index (χ1) is 4.31. The second-order valence-electron chi connectivity index (χ2n) is 1.59. The van der Waals surface area contributed by atoms with Crippen molar-refractivity contribution >= 4 is 18.0 Å². The molecule has 0 aromatic heterocycles. The van der Waals surface area contributed by atoms with E-state index in [9.17, 15) is 4.79 Å². The Morgan fingerprint density at radius 1 is 1.78 bits per heavy atom. The van der Waals surface area contributed by atoms with E-state index in [0.29, 0.717) is 0 Å². The molecule has 0 aliphatic carbocycles. The number of aldehydes is 1. The van der Waals surface area contributed by atoms with E-state index in [2.05, 4.69) is 6.58 Å². The minimum atomic E-state index is 0.755. The highest BCUT2D eigenvalue weighted by Crippen LogP contribution is 2.01. The molecule has 0 saturated carbocycles. The Labute approximate surface area is 59.8 Å². The van der Waals surface area contributed by atoms with Crippen LogP contribution >= 0.6 is 11.8 Å². The smallest absolute Gasteiger partial charge is 0.142 e. The van der Waals surface area contributed by atoms with E-state index < -0.39 is 0 Å². The van der Waals surface area contributed by atoms with Crippen molar-refractivity contribution in [1.82, 2.24) is 0 Å². The van der Waals surface area contributed by atoms with Crippen molar-refractivity contribution in [2.75, 3.05) is 12.0 Å². The van der Waals surface area contributed by atoms with Crippen LogP contribution in [0.5, 0.6) is 0 Å². The van der Waals surface area contributed by atoms with E-state index in [-0.39, 0.29) is 0 Å². The van der Waals surface area contributed by atoms with Crippen molar-refractivity contribution in [2.24, 2.45) is 0 Å². The van der Waals surface area contributed by atoms with Crippen LogP contribution in [-0.4, -0.2) is 18.3 Å². The highest BCUT2D eigenvalue weighted by molar-refractivity contribution is 7.98. The molecule has 0 atom stereocenters. The summed E-state index contributed by atoms with van der Waals surface area (Å²) < 4.78 is 0. The summed E-state index contributed by atoms with van der Waals surface area (Å²) in [6.45, 7) is 3.72. The maximum Gasteiger partial charge on any atom is 0.142 e. The van der Waals surface area contributed by atoms with Crippen molar-refractivity contribution < 1.29 is 4.79 Å². The Hall–Kier alpha value is -0.500. The van der Waals surface area contributed by atoms with E-state index in [1.807, 2.05) is 6.26 Å². The molecule has 0 aliphatic heterocycles. The predicted molar refractivity (Wildman–Crippen MR) is 42.7 cm³/mol. The van der Waals surface area contributed by atoms with Crippen LogP contribution in [0.1, 0.15) is 0 Å². The second-order valence-corrected chi connectivity index (χ2v) is 2.45. The highest BCUT2D eigenvalue weighted by atomic mass is 32.2. The van der Waals surface area contributed by atoms with Gasteiger partial charge in [-0.2, -0.15) is 11.8 Å². The molecule has 0 fully saturated rings. The van der Waals surface area contributed by atoms with Crippen LogP contribution in [0, 0.1) is 0 Å². The Kier molecular flexibility index (Phi) is 5.32. The lowest BCUT2D eigenvalue weighted by Crippen LogP contribution is -1.77. The first-order valence-electron chi connectivity index (χ1n) is 2.60. The number of allylic oxidation sites excluding steroid dienone is 2. The van der Waals surface area contributed by atoms with Crippen LogP contribution in [0.3, 0.4) is 0 Å². The lowest BCUT2D eigenvalue weighted by atomic mass is 10.3. The predicted octanol–water partition coefficient (Wildman–Crippen LogP) is 1.66. The molecule has 2 heteroatoms. The first-order valence-corrected chi connectivity index (χ1v) is 3.99. The second kappa shape index (κ2) is 5.63. The molecule has 0 saturated heterocycles. The van der Waals surface area contributed by atoms with Crippen molar-refractivity contribution in [2.45, 2.75) is 0 Å². The maximum atomic E-state index is 9.78. The van der Waals surface area contributed by atoms with E-state index in [4.69, 9.17) is 0 Å². The summed E-state index contributed by atoms with van der Waals surface area (Å²) in [4.78, 5) is 9.78. The summed E-state index contributed by atoms with van der Waals surface area (Å²) in [6.07, 6.45) is 5.94. The lowest BCUT2D eigenvalue weighted by molar-refractivity contribution is -0.104. The van der Waals surface area contributed by atoms with Gasteiger partial charge in [0, 0.05) is 5.75 Å². The zero-order valence-corrected chi connectivity index (χ0v) is 6.28. The molecule has 50 valence electrons. The third-order valence-corrected chi connectivity index (χ3v) is 1.40. The van der Waals surface area contributed by atoms with Gasteiger partial charge in [-0.05, 0) is 17.9 Å². The minimum absolute atomic E-state index is 0.755. The van der Waals surface area contributed by atoms with Crippen LogP contribution < -0.4 is 0 Å². The average molecular weight is 142 g/mol. The van der Waals surface area contributed by atoms with Crippen LogP contribution in [-0.2, 0) is 4.79 Å². The fourth-order valence-electron chi connectivity index (χ4n) is 0.409. The average Bonchev–Trinajstić information content (AvgIpc) is 1.85. The zero-order chi connectivity index (χ0) is 7.11. The summed E-state index contributed by atoms with van der Waals surface area (Å²) in [5.74, 6) is 0.893. The molecule has 9 heavy (non-hydrogen) atoms. The quantitative estimate of drug-likeness (QED) is 0.337. The SMILES string of the molecule is C=C(/C=C/C=O)CSC. The van der Waals surface area contributed by atoms with Gasteiger partial charge in [0.1, 0.15) is 6.29 Å². The summed E-state index contributed by atoms with van der Waals surface area (Å²) >= 11 is 1.69. The minimum Gasteiger partial charge on any atom is -0.299 e. The molecule has 0 aromatic rings. The molecule has 0 radical (unpaired) electrons. The van der Waals surface area contributed by atoms with Gasteiger partial charge in [-0.15, -0.1) is 0 Å². The van der Waals surface area contributed by atoms with E-state index in [1.165, 1.54) is 6.08 Å². The van der Waals surface area contributed by atoms with Crippen LogP contribution in [0.25, 0.3) is 0 Å². The monoisotopic (exact) mass is 142 g/mol. The van der Waals surface area contributed by atoms with Gasteiger partial charge in [0.25, 0.3) is 0 Å². The van der Waals surface area contributed by atoms with Gasteiger partial charge < -0.3 is 0 Å². The van der Waals surface area contributed by atoms with Gasteiger partial charge >= 0.3 is 0 Å². The van der Waals surface area contributed by atoms with Crippen molar-refractivity contribution in [1.29, 1.82) is 0 Å². The molecule has 1 nitrogen and oxygen atoms in total. The molecule has 0 rings (SSSR count). The number of carbonyl (C=O) groups excluding carboxylic acids is 1. The Balaban J connectivity index is 3.49. The van der Waals surface area contributed by atoms with Gasteiger partial charge in [0.05, 0.1) is 0 Å². The van der Waals surface area contributed by atoms with Gasteiger partial charge in [-0.3, -0.25) is 4.79 Å². The van der Waals surface area contributed by atoms with Crippen LogP contribution in [0.2, 0.25) is 0 Å². The molecule has 0 aromatic carbocycles. The van der Waals surface area contributed by atoms with Gasteiger partial charge in [0.15, 0.2) is 0 Å². The summed E-state index contributed by atoms with van der Waals surface area (Å²) in [7, 11) is 0. The standard InChI is InChI=1S/C7H10OS/c1-7(6-9-2)4-3-5-8/h3-5H,1,6H2,2H3/b4-3+. The topological polar surface area (TPSA) is 17.1 Å². The zero-order valence-electron chi connectivity index (χ0n) is 5.46. The highest BCUT2D eigenvalue weighted by Gasteiger charge is 1.82. The molecule has 0 N–H and O–H groups in total. The first kappa shape index (κ1) is 8.50. The summed E-state index contributed by atoms with van der Waals surface area (Å²) in [5.41, 5.74) is 0.981. The van der Waals surface area contributed by atoms with Gasteiger partial charge in [-0.25, -0.2) is 0 Å². The number of hydrogen-bond acceptors (Lipinski definition) is 2. The maximum absolute atomic E-state index is 9.78. The molecular weight excluding hydrogens is 132 g/mol. The Morgan fingerprint density at radius 2 is 2.44 bits per heavy atom. The molecule has 0 heterocycles. The van der Waals surface area contributed by atoms with Crippen LogP contribution in [0.4, 0.5) is 0 Å². The fourth-order valence-corrected chi connectivity index (χ4v) is 0.876. The van der Waals surface area contributed by atoms with Gasteiger partial charge in [0.2, 0.25) is 0 Å². The number of hydrogen-bond donors (Lipinski definition) is 0. The normalized spacial score (nSPS) is 9.89. The fraction of sp³-hybridized carbons (Fsp3) is 0.286. The van der Waals surface area contributed by atoms with Crippen molar-refractivity contribution in [3.05, 3.63) is 24.3 Å². The summed E-state index contributed by atoms with van der Waals surface area (Å²) in [5, 5.41) is 0. The van der Waals surface area contributed by atoms with Crippen molar-refractivity contribution in [3.8, 4) is 0 Å². The number of rotatable bonds is 4. The molecule has 0 bridgehead atoms. The Morgan fingerprint density at radius 3 is 2.89 bits per heavy atom. The van der Waals surface area contributed by atoms with E-state index >= 15 is 0 Å². The van der Waals surface area contributed by atoms with E-state index in [0.717, 1.165) is 17.6 Å². The van der Waals surface area contributed by atoms with Crippen molar-refractivity contribution in [3.63, 3.8) is 0 Å². The summed E-state index contributed by atoms with van der Waals surface area (Å²) in [6, 6.07) is 0. The Bertz CT molecular complexity index is 127. The largest absolute Gasteiger partial charge is 0.299 e. The molecule has 0 spiro atoms. The lowest BCUT2D eigenvalue weighted by Gasteiger charge is -1.91. The molecule has 0 aliphatic rings. The molecule has 0 unspecified atom stereocenters. The third kappa shape index (κ3) is 5.37. The molecular formula is C7H10OS. The van der Waals surface area contributed by atoms with Gasteiger partial charge in [-0.1, -0.05) is 12.7 Å². The third-order valence-electron chi connectivity index (χ3n) is 0.740. The molecule has 0 amide bonds. The van der Waals surface area contributed by atoms with E-state index in [1.54, 1.807) is 17.8 Å².